The molecule has 0 atom stereocenters. The molecule has 2 heterocycles. The highest BCUT2D eigenvalue weighted by atomic mass is 32.2. The quantitative estimate of drug-likeness (QED) is 0.823. The normalized spacial score (nSPS) is 11.1. The van der Waals surface area contributed by atoms with Crippen LogP contribution in [0.15, 0.2) is 15.0 Å². The highest BCUT2D eigenvalue weighted by Gasteiger charge is 2.16. The molecule has 0 spiro atoms. The van der Waals surface area contributed by atoms with Crippen LogP contribution in [0, 0.1) is 13.8 Å². The number of hydrogen-bond acceptors (Lipinski definition) is 6. The van der Waals surface area contributed by atoms with Crippen LogP contribution in [0.5, 0.6) is 0 Å². The lowest BCUT2D eigenvalue weighted by molar-refractivity contribution is 0.533. The number of H-pyrrole nitrogens is 1. The summed E-state index contributed by atoms with van der Waals surface area (Å²) in [7, 11) is 0. The van der Waals surface area contributed by atoms with Crippen molar-refractivity contribution in [3.8, 4) is 0 Å². The van der Waals surface area contributed by atoms with Crippen LogP contribution in [0.25, 0.3) is 0 Å². The molecule has 0 amide bonds. The molecule has 2 N–H and O–H groups in total. The molecule has 0 fully saturated rings. The molecule has 0 radical (unpaired) electrons. The van der Waals surface area contributed by atoms with Crippen LogP contribution in [-0.2, 0) is 0 Å². The molecule has 8 heteroatoms. The average Bonchev–Trinajstić information content (AvgIpc) is 2.76. The lowest BCUT2D eigenvalue weighted by atomic mass is 10.3. The van der Waals surface area contributed by atoms with Crippen molar-refractivity contribution in [2.75, 3.05) is 11.9 Å². The molecule has 0 aromatic carbocycles. The molecule has 114 valence electrons. The fourth-order valence-electron chi connectivity index (χ4n) is 1.95. The number of aryl methyl sites for hydroxylation is 1. The molecule has 0 saturated carbocycles. The third kappa shape index (κ3) is 3.26. The molecule has 0 unspecified atom stereocenters. The lowest BCUT2D eigenvalue weighted by Gasteiger charge is -2.12. The smallest absolute Gasteiger partial charge is 0.344 e. The molecular weight excluding hydrogens is 288 g/mol. The van der Waals surface area contributed by atoms with Gasteiger partial charge in [-0.05, 0) is 46.4 Å². The minimum absolute atomic E-state index is 0.0372. The minimum Gasteiger partial charge on any atom is -0.370 e. The van der Waals surface area contributed by atoms with E-state index in [1.54, 1.807) is 4.57 Å². The van der Waals surface area contributed by atoms with E-state index in [1.807, 2.05) is 34.6 Å². The standard InChI is InChI=1S/C13H20N6OS/c1-6-14-10-8(4)11(16-9(5)15-10)21-13-18-17-12(20)19(13)7(2)3/h7H,6H2,1-5H3,(H,17,20)(H,14,15,16). The van der Waals surface area contributed by atoms with E-state index in [2.05, 4.69) is 25.5 Å². The zero-order chi connectivity index (χ0) is 15.6. The Morgan fingerprint density at radius 3 is 2.67 bits per heavy atom. The van der Waals surface area contributed by atoms with Gasteiger partial charge in [0.2, 0.25) is 0 Å². The second-order valence-electron chi connectivity index (χ2n) is 4.96. The van der Waals surface area contributed by atoms with Crippen molar-refractivity contribution in [3.05, 3.63) is 21.9 Å². The Morgan fingerprint density at radius 1 is 1.33 bits per heavy atom. The van der Waals surface area contributed by atoms with Crippen molar-refractivity contribution in [1.29, 1.82) is 0 Å². The van der Waals surface area contributed by atoms with Gasteiger partial charge in [-0.1, -0.05) is 0 Å². The topological polar surface area (TPSA) is 88.5 Å². The van der Waals surface area contributed by atoms with Gasteiger partial charge in [-0.15, -0.1) is 5.10 Å². The Hall–Kier alpha value is -1.83. The van der Waals surface area contributed by atoms with Crippen molar-refractivity contribution in [2.24, 2.45) is 0 Å². The number of aromatic nitrogens is 5. The Morgan fingerprint density at radius 2 is 2.05 bits per heavy atom. The minimum atomic E-state index is -0.206. The number of aromatic amines is 1. The molecule has 0 aliphatic rings. The van der Waals surface area contributed by atoms with Gasteiger partial charge in [-0.2, -0.15) is 0 Å². The van der Waals surface area contributed by atoms with Crippen LogP contribution in [-0.4, -0.2) is 31.3 Å². The Labute approximate surface area is 127 Å². The van der Waals surface area contributed by atoms with Gasteiger partial charge in [-0.25, -0.2) is 19.9 Å². The first kappa shape index (κ1) is 15.6. The van der Waals surface area contributed by atoms with Gasteiger partial charge < -0.3 is 5.32 Å². The summed E-state index contributed by atoms with van der Waals surface area (Å²) in [5, 5.41) is 11.2. The van der Waals surface area contributed by atoms with Gasteiger partial charge in [0.05, 0.1) is 0 Å². The Bertz CT molecular complexity index is 690. The Kier molecular flexibility index (Phi) is 4.66. The summed E-state index contributed by atoms with van der Waals surface area (Å²) in [6.45, 7) is 10.5. The van der Waals surface area contributed by atoms with Gasteiger partial charge in [0.1, 0.15) is 16.7 Å². The molecular formula is C13H20N6OS. The summed E-state index contributed by atoms with van der Waals surface area (Å²) in [6, 6.07) is 0.0372. The van der Waals surface area contributed by atoms with E-state index in [0.29, 0.717) is 11.0 Å². The molecule has 2 aromatic rings. The fourth-order valence-corrected chi connectivity index (χ4v) is 3.03. The van der Waals surface area contributed by atoms with Crippen molar-refractivity contribution < 1.29 is 0 Å². The predicted octanol–water partition coefficient (Wildman–Crippen LogP) is 2.14. The maximum Gasteiger partial charge on any atom is 0.344 e. The SMILES string of the molecule is CCNc1nc(C)nc(Sc2n[nH]c(=O)n2C(C)C)c1C. The van der Waals surface area contributed by atoms with Crippen molar-refractivity contribution >= 4 is 17.6 Å². The van der Waals surface area contributed by atoms with E-state index in [4.69, 9.17) is 0 Å². The number of anilines is 1. The first-order chi connectivity index (χ1) is 9.93. The van der Waals surface area contributed by atoms with Crippen LogP contribution >= 0.6 is 11.8 Å². The summed E-state index contributed by atoms with van der Waals surface area (Å²) in [5.41, 5.74) is 0.751. The zero-order valence-electron chi connectivity index (χ0n) is 12.9. The largest absolute Gasteiger partial charge is 0.370 e. The van der Waals surface area contributed by atoms with E-state index in [-0.39, 0.29) is 11.7 Å². The molecule has 2 aromatic heterocycles. The third-order valence-corrected chi connectivity index (χ3v) is 3.99. The van der Waals surface area contributed by atoms with E-state index in [9.17, 15) is 4.79 Å². The molecule has 0 aliphatic heterocycles. The van der Waals surface area contributed by atoms with E-state index < -0.39 is 0 Å². The van der Waals surface area contributed by atoms with Crippen LogP contribution in [0.4, 0.5) is 5.82 Å². The summed E-state index contributed by atoms with van der Waals surface area (Å²) < 4.78 is 1.62. The summed E-state index contributed by atoms with van der Waals surface area (Å²) in [6.07, 6.45) is 0. The maximum absolute atomic E-state index is 11.8. The highest BCUT2D eigenvalue weighted by Crippen LogP contribution is 2.30. The maximum atomic E-state index is 11.8. The molecule has 21 heavy (non-hydrogen) atoms. The number of rotatable bonds is 5. The van der Waals surface area contributed by atoms with Crippen molar-refractivity contribution in [3.63, 3.8) is 0 Å². The lowest BCUT2D eigenvalue weighted by Crippen LogP contribution is -2.19. The summed E-state index contributed by atoms with van der Waals surface area (Å²) in [4.78, 5) is 20.6. The fraction of sp³-hybridized carbons (Fsp3) is 0.538. The monoisotopic (exact) mass is 308 g/mol. The van der Waals surface area contributed by atoms with Crippen molar-refractivity contribution in [1.82, 2.24) is 24.7 Å². The van der Waals surface area contributed by atoms with Crippen LogP contribution in [0.3, 0.4) is 0 Å². The second kappa shape index (κ2) is 6.30. The van der Waals surface area contributed by atoms with E-state index >= 15 is 0 Å². The number of nitrogens with one attached hydrogen (secondary N) is 2. The summed E-state index contributed by atoms with van der Waals surface area (Å²) >= 11 is 1.37. The van der Waals surface area contributed by atoms with Gasteiger partial charge in [-0.3, -0.25) is 4.57 Å². The Balaban J connectivity index is 2.42. The number of hydrogen-bond donors (Lipinski definition) is 2. The van der Waals surface area contributed by atoms with E-state index in [0.717, 1.165) is 23.0 Å². The zero-order valence-corrected chi connectivity index (χ0v) is 13.7. The second-order valence-corrected chi connectivity index (χ2v) is 5.91. The van der Waals surface area contributed by atoms with Crippen molar-refractivity contribution in [2.45, 2.75) is 50.8 Å². The van der Waals surface area contributed by atoms with Gasteiger partial charge in [0.25, 0.3) is 0 Å². The van der Waals surface area contributed by atoms with Gasteiger partial charge >= 0.3 is 5.69 Å². The van der Waals surface area contributed by atoms with Crippen LogP contribution in [0.1, 0.15) is 38.2 Å². The molecule has 2 rings (SSSR count). The van der Waals surface area contributed by atoms with Crippen LogP contribution < -0.4 is 11.0 Å². The first-order valence-electron chi connectivity index (χ1n) is 6.87. The van der Waals surface area contributed by atoms with Gasteiger partial charge in [0.15, 0.2) is 5.16 Å². The molecule has 0 bridgehead atoms. The van der Waals surface area contributed by atoms with E-state index in [1.165, 1.54) is 11.8 Å². The molecule has 0 aliphatic carbocycles. The predicted molar refractivity (Wildman–Crippen MR) is 83.0 cm³/mol. The number of nitrogens with zero attached hydrogens (tertiary/aromatic N) is 4. The van der Waals surface area contributed by atoms with Crippen LogP contribution in [0.2, 0.25) is 0 Å². The average molecular weight is 308 g/mol. The molecule has 7 nitrogen and oxygen atoms in total. The summed E-state index contributed by atoms with van der Waals surface area (Å²) in [5.74, 6) is 1.51. The molecule has 0 saturated heterocycles. The third-order valence-electron chi connectivity index (χ3n) is 2.93. The first-order valence-corrected chi connectivity index (χ1v) is 7.69. The highest BCUT2D eigenvalue weighted by molar-refractivity contribution is 7.99. The van der Waals surface area contributed by atoms with Gasteiger partial charge in [0, 0.05) is 18.2 Å².